The smallest absolute Gasteiger partial charge is 0.240 e. The van der Waals surface area contributed by atoms with Crippen LogP contribution in [0, 0.1) is 0 Å². The fourth-order valence-corrected chi connectivity index (χ4v) is 5.12. The largest absolute Gasteiger partial charge is 0.354 e. The molecule has 5 nitrogen and oxygen atoms in total. The maximum Gasteiger partial charge on any atom is 0.240 e. The molecule has 1 N–H and O–H groups in total. The summed E-state index contributed by atoms with van der Waals surface area (Å²) >= 11 is 7.83. The van der Waals surface area contributed by atoms with E-state index in [1.165, 1.54) is 38.2 Å². The third kappa shape index (κ3) is 7.07. The van der Waals surface area contributed by atoms with Crippen LogP contribution in [0.25, 0.3) is 0 Å². The summed E-state index contributed by atoms with van der Waals surface area (Å²) in [7, 11) is -3.57. The molecule has 1 aliphatic carbocycles. The second-order valence-corrected chi connectivity index (χ2v) is 9.98. The van der Waals surface area contributed by atoms with Crippen LogP contribution < -0.4 is 9.62 Å². The number of carbonyl (C=O) groups is 1. The van der Waals surface area contributed by atoms with Crippen molar-refractivity contribution in [3.63, 3.8) is 0 Å². The van der Waals surface area contributed by atoms with Crippen LogP contribution in [0.3, 0.4) is 0 Å². The van der Waals surface area contributed by atoms with Crippen molar-refractivity contribution in [2.75, 3.05) is 29.4 Å². The summed E-state index contributed by atoms with van der Waals surface area (Å²) in [6.07, 6.45) is 7.53. The highest BCUT2D eigenvalue weighted by atomic mass is 35.5. The van der Waals surface area contributed by atoms with Crippen LogP contribution >= 0.6 is 23.4 Å². The van der Waals surface area contributed by atoms with E-state index >= 15 is 0 Å². The average molecular weight is 405 g/mol. The van der Waals surface area contributed by atoms with Gasteiger partial charge in [0.1, 0.15) is 6.54 Å². The second-order valence-electron chi connectivity index (χ2n) is 6.23. The van der Waals surface area contributed by atoms with E-state index in [0.717, 1.165) is 16.3 Å². The molecule has 0 unspecified atom stereocenters. The Morgan fingerprint density at radius 3 is 2.68 bits per heavy atom. The van der Waals surface area contributed by atoms with Crippen LogP contribution in [-0.2, 0) is 14.8 Å². The Morgan fingerprint density at radius 1 is 1.32 bits per heavy atom. The highest BCUT2D eigenvalue weighted by Crippen LogP contribution is 2.27. The molecular weight excluding hydrogens is 380 g/mol. The van der Waals surface area contributed by atoms with E-state index in [2.05, 4.69) is 5.32 Å². The van der Waals surface area contributed by atoms with Crippen molar-refractivity contribution < 1.29 is 13.2 Å². The summed E-state index contributed by atoms with van der Waals surface area (Å²) < 4.78 is 25.1. The van der Waals surface area contributed by atoms with Crippen molar-refractivity contribution >= 4 is 45.0 Å². The molecule has 0 saturated heterocycles. The van der Waals surface area contributed by atoms with E-state index in [1.54, 1.807) is 18.2 Å². The number of halogens is 1. The molecule has 1 aromatic carbocycles. The van der Waals surface area contributed by atoms with Crippen LogP contribution in [0.5, 0.6) is 0 Å². The maximum absolute atomic E-state index is 12.2. The van der Waals surface area contributed by atoms with Gasteiger partial charge < -0.3 is 5.32 Å². The molecule has 0 aromatic heterocycles. The summed E-state index contributed by atoms with van der Waals surface area (Å²) in [5.74, 6) is 0.543. The molecule has 0 heterocycles. The zero-order chi connectivity index (χ0) is 18.3. The van der Waals surface area contributed by atoms with Gasteiger partial charge in [0.25, 0.3) is 0 Å². The molecule has 1 aliphatic rings. The molecule has 1 saturated carbocycles. The minimum atomic E-state index is -3.57. The number of sulfonamides is 1. The molecule has 1 amide bonds. The number of hydrogen-bond donors (Lipinski definition) is 1. The number of nitrogens with one attached hydrogen (secondary N) is 1. The number of thioether (sulfide) groups is 1. The van der Waals surface area contributed by atoms with Crippen LogP contribution in [0.4, 0.5) is 5.69 Å². The quantitative estimate of drug-likeness (QED) is 0.675. The molecule has 1 fully saturated rings. The average Bonchev–Trinajstić information content (AvgIpc) is 2.56. The van der Waals surface area contributed by atoms with Gasteiger partial charge >= 0.3 is 0 Å². The van der Waals surface area contributed by atoms with Gasteiger partial charge in [-0.2, -0.15) is 11.8 Å². The van der Waals surface area contributed by atoms with Crippen LogP contribution in [0.1, 0.15) is 32.1 Å². The fourth-order valence-electron chi connectivity index (χ4n) is 2.87. The van der Waals surface area contributed by atoms with Crippen LogP contribution in [0.15, 0.2) is 24.3 Å². The molecule has 0 aliphatic heterocycles. The molecule has 2 rings (SSSR count). The van der Waals surface area contributed by atoms with E-state index in [9.17, 15) is 13.2 Å². The second kappa shape index (κ2) is 9.69. The van der Waals surface area contributed by atoms with E-state index in [1.807, 2.05) is 11.8 Å². The Kier molecular flexibility index (Phi) is 7.90. The van der Waals surface area contributed by atoms with Crippen molar-refractivity contribution in [3.8, 4) is 0 Å². The molecule has 25 heavy (non-hydrogen) atoms. The van der Waals surface area contributed by atoms with Crippen molar-refractivity contribution in [2.45, 2.75) is 37.4 Å². The van der Waals surface area contributed by atoms with E-state index < -0.39 is 10.0 Å². The summed E-state index contributed by atoms with van der Waals surface area (Å²) in [5, 5.41) is 3.94. The summed E-state index contributed by atoms with van der Waals surface area (Å²) in [6, 6.07) is 6.48. The molecule has 0 radical (unpaired) electrons. The lowest BCUT2D eigenvalue weighted by atomic mass is 10.0. The number of carbonyl (C=O) groups excluding carboxylic acids is 1. The van der Waals surface area contributed by atoms with Crippen LogP contribution in [-0.4, -0.2) is 44.7 Å². The minimum Gasteiger partial charge on any atom is -0.354 e. The normalized spacial score (nSPS) is 15.8. The first-order valence-corrected chi connectivity index (χ1v) is 11.8. The maximum atomic E-state index is 12.2. The molecule has 0 spiro atoms. The lowest BCUT2D eigenvalue weighted by molar-refractivity contribution is -0.119. The van der Waals surface area contributed by atoms with Crippen molar-refractivity contribution in [1.29, 1.82) is 0 Å². The summed E-state index contributed by atoms with van der Waals surface area (Å²) in [5.41, 5.74) is 0.390. The Hall–Kier alpha value is -0.920. The molecular formula is C17H25ClN2O3S2. The lowest BCUT2D eigenvalue weighted by Crippen LogP contribution is -2.41. The van der Waals surface area contributed by atoms with Crippen molar-refractivity contribution in [3.05, 3.63) is 29.3 Å². The third-order valence-corrected chi connectivity index (χ3v) is 6.87. The summed E-state index contributed by atoms with van der Waals surface area (Å²) in [4.78, 5) is 12.2. The zero-order valence-corrected chi connectivity index (χ0v) is 16.8. The number of amides is 1. The Morgan fingerprint density at radius 2 is 2.04 bits per heavy atom. The highest BCUT2D eigenvalue weighted by molar-refractivity contribution is 7.99. The number of anilines is 1. The molecule has 1 aromatic rings. The monoisotopic (exact) mass is 404 g/mol. The Balaban J connectivity index is 1.83. The number of benzene rings is 1. The van der Waals surface area contributed by atoms with Gasteiger partial charge in [0.15, 0.2) is 0 Å². The van der Waals surface area contributed by atoms with Crippen molar-refractivity contribution in [2.24, 2.45) is 0 Å². The lowest BCUT2D eigenvalue weighted by Gasteiger charge is -2.23. The predicted octanol–water partition coefficient (Wildman–Crippen LogP) is 3.29. The third-order valence-electron chi connectivity index (χ3n) is 4.11. The minimum absolute atomic E-state index is 0.243. The van der Waals surface area contributed by atoms with Gasteiger partial charge in [-0.1, -0.05) is 36.9 Å². The first-order chi connectivity index (χ1) is 11.9. The Bertz CT molecular complexity index is 676. The van der Waals surface area contributed by atoms with Gasteiger partial charge in [-0.25, -0.2) is 8.42 Å². The zero-order valence-electron chi connectivity index (χ0n) is 14.4. The number of hydrogen-bond acceptors (Lipinski definition) is 4. The predicted molar refractivity (Wildman–Crippen MR) is 106 cm³/mol. The summed E-state index contributed by atoms with van der Waals surface area (Å²) in [6.45, 7) is 0.306. The standard InChI is InChI=1S/C17H25ClN2O3S2/c1-25(22,23)20(15-7-5-6-14(18)12-15)13-17(21)19-10-11-24-16-8-3-2-4-9-16/h5-7,12,16H,2-4,8-11,13H2,1H3,(H,19,21). The highest BCUT2D eigenvalue weighted by Gasteiger charge is 2.21. The van der Waals surface area contributed by atoms with Crippen LogP contribution in [0.2, 0.25) is 5.02 Å². The van der Waals surface area contributed by atoms with E-state index in [0.29, 0.717) is 22.5 Å². The van der Waals surface area contributed by atoms with Crippen molar-refractivity contribution in [1.82, 2.24) is 5.32 Å². The van der Waals surface area contributed by atoms with Gasteiger partial charge in [-0.3, -0.25) is 9.10 Å². The topological polar surface area (TPSA) is 66.5 Å². The first-order valence-electron chi connectivity index (χ1n) is 8.48. The Labute approximate surface area is 159 Å². The van der Waals surface area contributed by atoms with Gasteiger partial charge in [-0.05, 0) is 31.0 Å². The molecule has 0 atom stereocenters. The number of rotatable bonds is 8. The van der Waals surface area contributed by atoms with E-state index in [-0.39, 0.29) is 12.5 Å². The molecule has 140 valence electrons. The number of nitrogens with zero attached hydrogens (tertiary/aromatic N) is 1. The van der Waals surface area contributed by atoms with Gasteiger partial charge in [0, 0.05) is 22.6 Å². The van der Waals surface area contributed by atoms with E-state index in [4.69, 9.17) is 11.6 Å². The SMILES string of the molecule is CS(=O)(=O)N(CC(=O)NCCSC1CCCCC1)c1cccc(Cl)c1. The van der Waals surface area contributed by atoms with Gasteiger partial charge in [0.2, 0.25) is 15.9 Å². The van der Waals surface area contributed by atoms with Gasteiger partial charge in [0.05, 0.1) is 11.9 Å². The van der Waals surface area contributed by atoms with Gasteiger partial charge in [-0.15, -0.1) is 0 Å². The first kappa shape index (κ1) is 20.4. The fraction of sp³-hybridized carbons (Fsp3) is 0.588. The molecule has 8 heteroatoms. The molecule has 0 bridgehead atoms.